The van der Waals surface area contributed by atoms with Crippen molar-refractivity contribution in [2.75, 3.05) is 19.7 Å². The van der Waals surface area contributed by atoms with Crippen molar-refractivity contribution in [3.05, 3.63) is 35.9 Å². The molecule has 1 aromatic rings. The molecule has 0 saturated carbocycles. The Kier molecular flexibility index (Phi) is 6.38. The van der Waals surface area contributed by atoms with Gasteiger partial charge < -0.3 is 26.8 Å². The fourth-order valence-electron chi connectivity index (χ4n) is 3.87. The summed E-state index contributed by atoms with van der Waals surface area (Å²) in [5.74, 6) is -0.964. The van der Waals surface area contributed by atoms with Crippen molar-refractivity contribution in [2.24, 2.45) is 16.9 Å². The van der Waals surface area contributed by atoms with E-state index >= 15 is 0 Å². The minimum Gasteiger partial charge on any atom is -0.396 e. The van der Waals surface area contributed by atoms with Gasteiger partial charge in [0.05, 0.1) is 37.2 Å². The molecule has 6 N–H and O–H groups in total. The summed E-state index contributed by atoms with van der Waals surface area (Å²) in [6, 6.07) is 11.2. The van der Waals surface area contributed by atoms with Crippen LogP contribution in [0, 0.1) is 16.7 Å². The SMILES string of the molecule is CC1(C#N)CC2(CNC2=O)N(C(=O)CN)C1c1ccccc1.NC(=O)CCO. The highest BCUT2D eigenvalue weighted by molar-refractivity contribution is 5.98. The van der Waals surface area contributed by atoms with Crippen LogP contribution >= 0.6 is 0 Å². The molecule has 3 rings (SSSR count). The van der Waals surface area contributed by atoms with Crippen molar-refractivity contribution in [3.8, 4) is 6.07 Å². The van der Waals surface area contributed by atoms with E-state index in [-0.39, 0.29) is 31.4 Å². The van der Waals surface area contributed by atoms with E-state index in [1.54, 1.807) is 4.90 Å². The summed E-state index contributed by atoms with van der Waals surface area (Å²) in [5.41, 5.74) is 9.25. The van der Waals surface area contributed by atoms with Crippen molar-refractivity contribution in [2.45, 2.75) is 31.3 Å². The zero-order chi connectivity index (χ0) is 20.9. The third-order valence-corrected chi connectivity index (χ3v) is 5.12. The third kappa shape index (κ3) is 3.69. The van der Waals surface area contributed by atoms with Gasteiger partial charge in [-0.2, -0.15) is 5.26 Å². The number of likely N-dealkylation sites (tertiary alicyclic amines) is 1. The number of nitriles is 1. The normalized spacial score (nSPS) is 27.9. The lowest BCUT2D eigenvalue weighted by atomic mass is 9.75. The highest BCUT2D eigenvalue weighted by Crippen LogP contribution is 2.55. The molecule has 2 aliphatic heterocycles. The first-order chi connectivity index (χ1) is 13.3. The molecule has 2 heterocycles. The summed E-state index contributed by atoms with van der Waals surface area (Å²) in [6.45, 7) is 1.86. The molecule has 0 aromatic heterocycles. The Labute approximate surface area is 163 Å². The first-order valence-corrected chi connectivity index (χ1v) is 8.91. The second kappa shape index (κ2) is 8.37. The number of primary amides is 1. The summed E-state index contributed by atoms with van der Waals surface area (Å²) >= 11 is 0. The molecule has 3 amide bonds. The van der Waals surface area contributed by atoms with Crippen molar-refractivity contribution in [3.63, 3.8) is 0 Å². The van der Waals surface area contributed by atoms with E-state index in [1.165, 1.54) is 0 Å². The number of β-lactam (4-membered cyclic amide) rings is 1. The third-order valence-electron chi connectivity index (χ3n) is 5.12. The van der Waals surface area contributed by atoms with E-state index in [0.717, 1.165) is 5.56 Å². The lowest BCUT2D eigenvalue weighted by Gasteiger charge is -2.45. The maximum absolute atomic E-state index is 12.5. The molecule has 2 saturated heterocycles. The number of aliphatic hydroxyl groups is 1. The summed E-state index contributed by atoms with van der Waals surface area (Å²) in [6.07, 6.45) is 0.396. The first-order valence-electron chi connectivity index (χ1n) is 8.91. The summed E-state index contributed by atoms with van der Waals surface area (Å²) in [4.78, 5) is 35.9. The van der Waals surface area contributed by atoms with Gasteiger partial charge in [0.1, 0.15) is 5.54 Å². The second-order valence-electron chi connectivity index (χ2n) is 7.14. The Hall–Kier alpha value is -2.96. The Morgan fingerprint density at radius 1 is 1.39 bits per heavy atom. The van der Waals surface area contributed by atoms with Crippen LogP contribution in [-0.4, -0.2) is 53.0 Å². The molecule has 0 aliphatic carbocycles. The van der Waals surface area contributed by atoms with Crippen LogP contribution in [0.4, 0.5) is 0 Å². The van der Waals surface area contributed by atoms with Crippen LogP contribution in [0.15, 0.2) is 30.3 Å². The van der Waals surface area contributed by atoms with Gasteiger partial charge in [-0.25, -0.2) is 0 Å². The van der Waals surface area contributed by atoms with Gasteiger partial charge in [-0.05, 0) is 12.5 Å². The summed E-state index contributed by atoms with van der Waals surface area (Å²) < 4.78 is 0. The van der Waals surface area contributed by atoms with Gasteiger partial charge in [0.15, 0.2) is 0 Å². The number of hydrogen-bond donors (Lipinski definition) is 4. The van der Waals surface area contributed by atoms with Crippen LogP contribution in [0.1, 0.15) is 31.4 Å². The molecule has 0 bridgehead atoms. The molecular weight excluding hydrogens is 362 g/mol. The zero-order valence-corrected chi connectivity index (χ0v) is 15.7. The number of nitrogens with one attached hydrogen (secondary N) is 1. The topological polar surface area (TPSA) is 163 Å². The van der Waals surface area contributed by atoms with Gasteiger partial charge >= 0.3 is 0 Å². The van der Waals surface area contributed by atoms with Crippen LogP contribution in [0.3, 0.4) is 0 Å². The molecule has 1 aromatic carbocycles. The van der Waals surface area contributed by atoms with E-state index in [2.05, 4.69) is 17.1 Å². The number of hydrogen-bond acceptors (Lipinski definition) is 6. The van der Waals surface area contributed by atoms with Crippen LogP contribution in [-0.2, 0) is 14.4 Å². The summed E-state index contributed by atoms with van der Waals surface area (Å²) in [7, 11) is 0. The van der Waals surface area contributed by atoms with E-state index in [0.29, 0.717) is 13.0 Å². The first kappa shape index (κ1) is 21.3. The van der Waals surface area contributed by atoms with Crippen LogP contribution < -0.4 is 16.8 Å². The fourth-order valence-corrected chi connectivity index (χ4v) is 3.87. The van der Waals surface area contributed by atoms with Crippen molar-refractivity contribution < 1.29 is 19.5 Å². The van der Waals surface area contributed by atoms with Gasteiger partial charge in [-0.1, -0.05) is 30.3 Å². The minimum atomic E-state index is -0.943. The van der Waals surface area contributed by atoms with Gasteiger partial charge in [-0.15, -0.1) is 0 Å². The van der Waals surface area contributed by atoms with Crippen LogP contribution in [0.25, 0.3) is 0 Å². The Balaban J connectivity index is 0.000000409. The number of rotatable bonds is 4. The Morgan fingerprint density at radius 2 is 2.04 bits per heavy atom. The summed E-state index contributed by atoms with van der Waals surface area (Å²) in [5, 5.41) is 20.4. The Bertz CT molecular complexity index is 793. The molecule has 150 valence electrons. The number of amides is 3. The number of carbonyl (C=O) groups excluding carboxylic acids is 3. The predicted octanol–water partition coefficient (Wildman–Crippen LogP) is -0.829. The molecule has 3 atom stereocenters. The van der Waals surface area contributed by atoms with E-state index in [4.69, 9.17) is 10.8 Å². The molecule has 3 unspecified atom stereocenters. The number of nitrogens with two attached hydrogens (primary N) is 2. The van der Waals surface area contributed by atoms with Crippen molar-refractivity contribution in [1.29, 1.82) is 5.26 Å². The maximum atomic E-state index is 12.5. The molecular formula is C19H25N5O4. The standard InChI is InChI=1S/C16H18N4O2.C3H7NO2/c1-15(9-18)8-16(10-19-14(16)22)20(12(21)7-17)13(15)11-5-3-2-4-6-11;4-3(6)1-2-5/h2-6,13H,7-8,10,17H2,1H3,(H,19,22);5H,1-2H2,(H2,4,6). The van der Waals surface area contributed by atoms with Gasteiger partial charge in [-0.3, -0.25) is 14.4 Å². The number of carbonyl (C=O) groups is 3. The number of aliphatic hydroxyl groups excluding tert-OH is 1. The van der Waals surface area contributed by atoms with E-state index < -0.39 is 22.9 Å². The van der Waals surface area contributed by atoms with E-state index in [9.17, 15) is 19.6 Å². The van der Waals surface area contributed by atoms with Crippen LogP contribution in [0.5, 0.6) is 0 Å². The highest BCUT2D eigenvalue weighted by atomic mass is 16.3. The average Bonchev–Trinajstić information content (AvgIpc) is 2.99. The fraction of sp³-hybridized carbons (Fsp3) is 0.474. The second-order valence-corrected chi connectivity index (χ2v) is 7.14. The van der Waals surface area contributed by atoms with E-state index in [1.807, 2.05) is 37.3 Å². The van der Waals surface area contributed by atoms with Crippen molar-refractivity contribution >= 4 is 17.7 Å². The van der Waals surface area contributed by atoms with Gasteiger partial charge in [0.25, 0.3) is 0 Å². The number of nitrogens with zero attached hydrogens (tertiary/aromatic N) is 2. The molecule has 2 fully saturated rings. The predicted molar refractivity (Wildman–Crippen MR) is 100 cm³/mol. The quantitative estimate of drug-likeness (QED) is 0.493. The molecule has 9 nitrogen and oxygen atoms in total. The zero-order valence-electron chi connectivity index (χ0n) is 15.7. The molecule has 2 aliphatic rings. The molecule has 1 spiro atoms. The molecule has 0 radical (unpaired) electrons. The minimum absolute atomic E-state index is 0.0694. The maximum Gasteiger partial charge on any atom is 0.248 e. The largest absolute Gasteiger partial charge is 0.396 e. The molecule has 9 heteroatoms. The van der Waals surface area contributed by atoms with Gasteiger partial charge in [0, 0.05) is 12.8 Å². The monoisotopic (exact) mass is 387 g/mol. The van der Waals surface area contributed by atoms with Gasteiger partial charge in [0.2, 0.25) is 17.7 Å². The average molecular weight is 387 g/mol. The van der Waals surface area contributed by atoms with Crippen LogP contribution in [0.2, 0.25) is 0 Å². The number of benzene rings is 1. The van der Waals surface area contributed by atoms with Crippen molar-refractivity contribution in [1.82, 2.24) is 10.2 Å². The Morgan fingerprint density at radius 3 is 2.39 bits per heavy atom. The highest BCUT2D eigenvalue weighted by Gasteiger charge is 2.66. The smallest absolute Gasteiger partial charge is 0.248 e. The molecule has 28 heavy (non-hydrogen) atoms. The lowest BCUT2D eigenvalue weighted by Crippen LogP contribution is -2.72. The lowest BCUT2D eigenvalue weighted by molar-refractivity contribution is -0.153.